The van der Waals surface area contributed by atoms with Crippen molar-refractivity contribution < 1.29 is 0 Å². The summed E-state index contributed by atoms with van der Waals surface area (Å²) in [6.45, 7) is 9.85. The van der Waals surface area contributed by atoms with Gasteiger partial charge in [-0.25, -0.2) is 0 Å². The summed E-state index contributed by atoms with van der Waals surface area (Å²) in [6.07, 6.45) is 7.55. The predicted molar refractivity (Wildman–Crippen MR) is 66.7 cm³/mol. The molecule has 0 spiro atoms. The van der Waals surface area contributed by atoms with Crippen molar-refractivity contribution in [2.24, 2.45) is 35.5 Å². The van der Waals surface area contributed by atoms with Crippen LogP contribution in [0.3, 0.4) is 0 Å². The van der Waals surface area contributed by atoms with Crippen molar-refractivity contribution >= 4 is 0 Å². The molecular weight excluding hydrogens is 180 g/mol. The van der Waals surface area contributed by atoms with Crippen LogP contribution >= 0.6 is 0 Å². The number of fused-ring (bicyclic) bond motifs is 1. The Labute approximate surface area is 95.8 Å². The summed E-state index contributed by atoms with van der Waals surface area (Å²) in [7, 11) is 0. The van der Waals surface area contributed by atoms with E-state index in [9.17, 15) is 0 Å². The smallest absolute Gasteiger partial charge is 0.0350 e. The van der Waals surface area contributed by atoms with Crippen LogP contribution in [0.15, 0.2) is 0 Å². The SMILES string of the molecule is CC1CC[C@H]2[C@H](C1)[C@@H](C(C)C)CC[C@H]2C. The van der Waals surface area contributed by atoms with Crippen LogP contribution in [0.2, 0.25) is 0 Å². The van der Waals surface area contributed by atoms with Crippen molar-refractivity contribution in [3.8, 4) is 0 Å². The van der Waals surface area contributed by atoms with E-state index in [4.69, 9.17) is 0 Å². The van der Waals surface area contributed by atoms with Gasteiger partial charge in [-0.1, -0.05) is 40.5 Å². The van der Waals surface area contributed by atoms with Gasteiger partial charge in [-0.05, 0) is 54.8 Å². The molecule has 0 aromatic carbocycles. The van der Waals surface area contributed by atoms with Gasteiger partial charge < -0.3 is 0 Å². The lowest BCUT2D eigenvalue weighted by atomic mass is 9.57. The Bertz CT molecular complexity index is 202. The first kappa shape index (κ1) is 11.5. The summed E-state index contributed by atoms with van der Waals surface area (Å²) < 4.78 is 0. The highest BCUT2D eigenvalue weighted by Crippen LogP contribution is 2.50. The maximum Gasteiger partial charge on any atom is -0.0350 e. The van der Waals surface area contributed by atoms with Gasteiger partial charge in [0.2, 0.25) is 0 Å². The molecule has 2 aliphatic rings. The lowest BCUT2D eigenvalue weighted by Gasteiger charge is -2.48. The molecule has 0 bridgehead atoms. The summed E-state index contributed by atoms with van der Waals surface area (Å²) in [5, 5.41) is 0. The van der Waals surface area contributed by atoms with Gasteiger partial charge in [0.15, 0.2) is 0 Å². The lowest BCUT2D eigenvalue weighted by Crippen LogP contribution is -2.39. The molecule has 0 radical (unpaired) electrons. The molecular formula is C15H28. The van der Waals surface area contributed by atoms with E-state index in [2.05, 4.69) is 27.7 Å². The van der Waals surface area contributed by atoms with Crippen LogP contribution in [0, 0.1) is 35.5 Å². The van der Waals surface area contributed by atoms with Gasteiger partial charge >= 0.3 is 0 Å². The topological polar surface area (TPSA) is 0 Å². The maximum atomic E-state index is 2.50. The van der Waals surface area contributed by atoms with E-state index in [0.717, 1.165) is 35.5 Å². The fourth-order valence-corrected chi connectivity index (χ4v) is 4.36. The largest absolute Gasteiger partial charge is 0.0625 e. The van der Waals surface area contributed by atoms with Crippen LogP contribution in [0.4, 0.5) is 0 Å². The van der Waals surface area contributed by atoms with Crippen molar-refractivity contribution in [2.75, 3.05) is 0 Å². The zero-order valence-corrected chi connectivity index (χ0v) is 11.0. The highest BCUT2D eigenvalue weighted by Gasteiger charge is 2.41. The van der Waals surface area contributed by atoms with Crippen LogP contribution < -0.4 is 0 Å². The van der Waals surface area contributed by atoms with E-state index in [1.807, 2.05) is 0 Å². The van der Waals surface area contributed by atoms with Crippen LogP contribution in [0.1, 0.15) is 59.8 Å². The second-order valence-corrected chi connectivity index (χ2v) is 6.71. The Kier molecular flexibility index (Phi) is 3.42. The molecule has 0 N–H and O–H groups in total. The van der Waals surface area contributed by atoms with Gasteiger partial charge in [0.25, 0.3) is 0 Å². The zero-order chi connectivity index (χ0) is 11.0. The normalized spacial score (nSPS) is 46.6. The molecule has 0 amide bonds. The van der Waals surface area contributed by atoms with Crippen LogP contribution in [-0.4, -0.2) is 0 Å². The molecule has 0 saturated heterocycles. The third-order valence-electron chi connectivity index (χ3n) is 5.31. The van der Waals surface area contributed by atoms with Gasteiger partial charge in [0.1, 0.15) is 0 Å². The predicted octanol–water partition coefficient (Wildman–Crippen LogP) is 4.74. The fourth-order valence-electron chi connectivity index (χ4n) is 4.36. The molecule has 15 heavy (non-hydrogen) atoms. The molecule has 0 aromatic rings. The van der Waals surface area contributed by atoms with E-state index in [0.29, 0.717) is 0 Å². The number of hydrogen-bond acceptors (Lipinski definition) is 0. The van der Waals surface area contributed by atoms with Gasteiger partial charge in [-0.2, -0.15) is 0 Å². The lowest BCUT2D eigenvalue weighted by molar-refractivity contribution is 0.0182. The molecule has 0 aliphatic heterocycles. The highest BCUT2D eigenvalue weighted by atomic mass is 14.5. The third-order valence-corrected chi connectivity index (χ3v) is 5.31. The Hall–Kier alpha value is 0. The summed E-state index contributed by atoms with van der Waals surface area (Å²) in [5.41, 5.74) is 0. The first-order chi connectivity index (χ1) is 7.09. The number of rotatable bonds is 1. The van der Waals surface area contributed by atoms with Crippen LogP contribution in [-0.2, 0) is 0 Å². The minimum atomic E-state index is 0.912. The van der Waals surface area contributed by atoms with E-state index in [-0.39, 0.29) is 0 Å². The second kappa shape index (κ2) is 4.47. The minimum absolute atomic E-state index is 0.912. The highest BCUT2D eigenvalue weighted by molar-refractivity contribution is 4.90. The summed E-state index contributed by atoms with van der Waals surface area (Å²) >= 11 is 0. The Morgan fingerprint density at radius 2 is 1.60 bits per heavy atom. The van der Waals surface area contributed by atoms with Crippen molar-refractivity contribution in [1.29, 1.82) is 0 Å². The van der Waals surface area contributed by atoms with Crippen molar-refractivity contribution in [3.63, 3.8) is 0 Å². The molecule has 2 rings (SSSR count). The van der Waals surface area contributed by atoms with Gasteiger partial charge in [0.05, 0.1) is 0 Å². The minimum Gasteiger partial charge on any atom is -0.0625 e. The first-order valence-electron chi connectivity index (χ1n) is 7.09. The van der Waals surface area contributed by atoms with Crippen molar-refractivity contribution in [1.82, 2.24) is 0 Å². The quantitative estimate of drug-likeness (QED) is 0.584. The Balaban J connectivity index is 2.10. The van der Waals surface area contributed by atoms with E-state index >= 15 is 0 Å². The first-order valence-corrected chi connectivity index (χ1v) is 7.09. The Morgan fingerprint density at radius 1 is 0.867 bits per heavy atom. The molecule has 1 unspecified atom stereocenters. The average molecular weight is 208 g/mol. The number of hydrogen-bond donors (Lipinski definition) is 0. The maximum absolute atomic E-state index is 2.50. The van der Waals surface area contributed by atoms with Crippen molar-refractivity contribution in [3.05, 3.63) is 0 Å². The summed E-state index contributed by atoms with van der Waals surface area (Å²) in [4.78, 5) is 0. The molecule has 0 heterocycles. The van der Waals surface area contributed by atoms with Gasteiger partial charge in [-0.15, -0.1) is 0 Å². The molecule has 5 atom stereocenters. The van der Waals surface area contributed by atoms with Gasteiger partial charge in [-0.3, -0.25) is 0 Å². The van der Waals surface area contributed by atoms with Crippen molar-refractivity contribution in [2.45, 2.75) is 59.8 Å². The monoisotopic (exact) mass is 208 g/mol. The molecule has 2 fully saturated rings. The molecule has 2 aliphatic carbocycles. The Morgan fingerprint density at radius 3 is 2.27 bits per heavy atom. The van der Waals surface area contributed by atoms with Crippen LogP contribution in [0.5, 0.6) is 0 Å². The molecule has 88 valence electrons. The second-order valence-electron chi connectivity index (χ2n) is 6.71. The molecule has 0 nitrogen and oxygen atoms in total. The standard InChI is InChI=1S/C15H28/c1-10(2)13-8-6-12(4)14-7-5-11(3)9-15(13)14/h10-15H,5-9H2,1-4H3/t11?,12-,13-,14-,15-/m1/s1. The van der Waals surface area contributed by atoms with E-state index in [1.54, 1.807) is 0 Å². The summed E-state index contributed by atoms with van der Waals surface area (Å²) in [5.74, 6) is 6.10. The summed E-state index contributed by atoms with van der Waals surface area (Å²) in [6, 6.07) is 0. The molecule has 0 aromatic heterocycles. The molecule has 2 saturated carbocycles. The zero-order valence-electron chi connectivity index (χ0n) is 11.0. The third kappa shape index (κ3) is 2.24. The van der Waals surface area contributed by atoms with E-state index in [1.165, 1.54) is 32.1 Å². The fraction of sp³-hybridized carbons (Fsp3) is 1.00. The van der Waals surface area contributed by atoms with Gasteiger partial charge in [0, 0.05) is 0 Å². The van der Waals surface area contributed by atoms with Crippen LogP contribution in [0.25, 0.3) is 0 Å². The average Bonchev–Trinajstić information content (AvgIpc) is 2.17. The van der Waals surface area contributed by atoms with E-state index < -0.39 is 0 Å². The molecule has 0 heteroatoms.